The van der Waals surface area contributed by atoms with E-state index in [1.165, 1.54) is 18.2 Å². The third kappa shape index (κ3) is 9.01. The Hall–Kier alpha value is -2.53. The van der Waals surface area contributed by atoms with E-state index in [4.69, 9.17) is 14.2 Å². The summed E-state index contributed by atoms with van der Waals surface area (Å²) in [6, 6.07) is 16.7. The van der Waals surface area contributed by atoms with Crippen LogP contribution in [0.1, 0.15) is 36.8 Å². The van der Waals surface area contributed by atoms with Crippen molar-refractivity contribution in [2.24, 2.45) is 0 Å². The van der Waals surface area contributed by atoms with Crippen molar-refractivity contribution in [3.63, 3.8) is 0 Å². The van der Waals surface area contributed by atoms with E-state index in [0.717, 1.165) is 67.7 Å². The molecule has 31 heavy (non-hydrogen) atoms. The van der Waals surface area contributed by atoms with Crippen molar-refractivity contribution in [2.45, 2.75) is 38.5 Å². The van der Waals surface area contributed by atoms with Crippen molar-refractivity contribution in [3.05, 3.63) is 59.7 Å². The van der Waals surface area contributed by atoms with Gasteiger partial charge in [0.1, 0.15) is 11.5 Å². The number of methoxy groups -OCH3 is 3. The van der Waals surface area contributed by atoms with E-state index >= 15 is 0 Å². The Labute approximate surface area is 187 Å². The summed E-state index contributed by atoms with van der Waals surface area (Å²) < 4.78 is 16.3. The Morgan fingerprint density at radius 2 is 1.13 bits per heavy atom. The number of aryl methyl sites for hydroxylation is 2. The highest BCUT2D eigenvalue weighted by Gasteiger charge is 2.21. The second kappa shape index (κ2) is 13.0. The predicted octanol–water partition coefficient (Wildman–Crippen LogP) is 4.67. The van der Waals surface area contributed by atoms with E-state index in [-0.39, 0.29) is 5.97 Å². The van der Waals surface area contributed by atoms with Gasteiger partial charge in [-0.05, 0) is 48.2 Å². The number of benzene rings is 2. The summed E-state index contributed by atoms with van der Waals surface area (Å²) in [6.07, 6.45) is 5.67. The van der Waals surface area contributed by atoms with Crippen LogP contribution in [-0.4, -0.2) is 58.5 Å². The molecule has 2 rings (SSSR count). The van der Waals surface area contributed by atoms with E-state index in [9.17, 15) is 4.79 Å². The first-order chi connectivity index (χ1) is 15.0. The lowest BCUT2D eigenvalue weighted by Crippen LogP contribution is -2.46. The standard InChI is InChI=1S/C26H38NO4/c1-27(21-7-10-26(28)31-4,19-5-8-22-11-15-24(29-2)16-12-22)20-6-9-23-13-17-25(30-3)18-14-23/h11-18H,5-10,19-21H2,1-4H3/q+1. The molecule has 5 nitrogen and oxygen atoms in total. The number of carbonyl (C=O) groups excluding carboxylic acids is 1. The van der Waals surface area contributed by atoms with Crippen molar-refractivity contribution >= 4 is 5.97 Å². The van der Waals surface area contributed by atoms with E-state index < -0.39 is 0 Å². The highest BCUT2D eigenvalue weighted by atomic mass is 16.5. The zero-order chi connectivity index (χ0) is 22.5. The molecule has 0 aliphatic rings. The van der Waals surface area contributed by atoms with Crippen molar-refractivity contribution < 1.29 is 23.5 Å². The van der Waals surface area contributed by atoms with Gasteiger partial charge in [0.2, 0.25) is 0 Å². The predicted molar refractivity (Wildman–Crippen MR) is 125 cm³/mol. The fraction of sp³-hybridized carbons (Fsp3) is 0.500. The minimum atomic E-state index is -0.122. The minimum absolute atomic E-state index is 0.122. The number of rotatable bonds is 14. The van der Waals surface area contributed by atoms with Crippen LogP contribution in [0.5, 0.6) is 11.5 Å². The maximum Gasteiger partial charge on any atom is 0.305 e. The Morgan fingerprint density at radius 1 is 0.710 bits per heavy atom. The van der Waals surface area contributed by atoms with Crippen LogP contribution < -0.4 is 9.47 Å². The van der Waals surface area contributed by atoms with Crippen LogP contribution in [0.2, 0.25) is 0 Å². The zero-order valence-electron chi connectivity index (χ0n) is 19.6. The van der Waals surface area contributed by atoms with Gasteiger partial charge in [0, 0.05) is 19.3 Å². The van der Waals surface area contributed by atoms with Gasteiger partial charge >= 0.3 is 5.97 Å². The number of carbonyl (C=O) groups is 1. The van der Waals surface area contributed by atoms with Crippen molar-refractivity contribution in [2.75, 3.05) is 48.0 Å². The van der Waals surface area contributed by atoms with Gasteiger partial charge in [-0.2, -0.15) is 0 Å². The molecule has 170 valence electrons. The van der Waals surface area contributed by atoms with Crippen molar-refractivity contribution in [1.29, 1.82) is 0 Å². The van der Waals surface area contributed by atoms with Crippen LogP contribution in [0.15, 0.2) is 48.5 Å². The SMILES string of the molecule is COC(=O)CCC[N+](C)(CCCc1ccc(OC)cc1)CCCc1ccc(OC)cc1. The van der Waals surface area contributed by atoms with Gasteiger partial charge in [0.05, 0.1) is 54.4 Å². The molecule has 0 unspecified atom stereocenters. The average Bonchev–Trinajstić information content (AvgIpc) is 2.80. The Balaban J connectivity index is 1.88. The van der Waals surface area contributed by atoms with Gasteiger partial charge in [-0.25, -0.2) is 0 Å². The number of nitrogens with zero attached hydrogens (tertiary/aromatic N) is 1. The first kappa shape index (κ1) is 24.7. The molecule has 0 aliphatic carbocycles. The molecule has 0 fully saturated rings. The topological polar surface area (TPSA) is 44.8 Å². The number of hydrogen-bond donors (Lipinski definition) is 0. The molecule has 0 bridgehead atoms. The molecule has 0 heterocycles. The van der Waals surface area contributed by atoms with Crippen molar-refractivity contribution in [3.8, 4) is 11.5 Å². The first-order valence-electron chi connectivity index (χ1n) is 11.1. The maximum absolute atomic E-state index is 11.6. The highest BCUT2D eigenvalue weighted by Crippen LogP contribution is 2.17. The van der Waals surface area contributed by atoms with Crippen molar-refractivity contribution in [1.82, 2.24) is 0 Å². The molecule has 0 saturated heterocycles. The van der Waals surface area contributed by atoms with Gasteiger partial charge in [-0.1, -0.05) is 24.3 Å². The Morgan fingerprint density at radius 3 is 1.52 bits per heavy atom. The van der Waals surface area contributed by atoms with Crippen LogP contribution in [-0.2, 0) is 22.4 Å². The van der Waals surface area contributed by atoms with E-state index in [1.54, 1.807) is 14.2 Å². The lowest BCUT2D eigenvalue weighted by atomic mass is 10.1. The third-order valence-electron chi connectivity index (χ3n) is 5.95. The van der Waals surface area contributed by atoms with Gasteiger partial charge < -0.3 is 18.7 Å². The van der Waals surface area contributed by atoms with E-state index in [2.05, 4.69) is 31.3 Å². The molecule has 5 heteroatoms. The Kier molecular flexibility index (Phi) is 10.4. The lowest BCUT2D eigenvalue weighted by Gasteiger charge is -2.35. The molecule has 0 aromatic heterocycles. The number of ether oxygens (including phenoxy) is 3. The number of quaternary nitrogens is 1. The normalized spacial score (nSPS) is 11.2. The summed E-state index contributed by atoms with van der Waals surface area (Å²) in [5.41, 5.74) is 2.67. The summed E-state index contributed by atoms with van der Waals surface area (Å²) in [7, 11) is 7.16. The fourth-order valence-electron chi connectivity index (χ4n) is 3.96. The molecular formula is C26H38NO4+. The largest absolute Gasteiger partial charge is 0.497 e. The van der Waals surface area contributed by atoms with Crippen LogP contribution in [0.4, 0.5) is 0 Å². The fourth-order valence-corrected chi connectivity index (χ4v) is 3.96. The van der Waals surface area contributed by atoms with E-state index in [0.29, 0.717) is 6.42 Å². The first-order valence-corrected chi connectivity index (χ1v) is 11.1. The zero-order valence-corrected chi connectivity index (χ0v) is 19.6. The second-order valence-corrected chi connectivity index (χ2v) is 8.37. The quantitative estimate of drug-likeness (QED) is 0.324. The summed E-state index contributed by atoms with van der Waals surface area (Å²) in [5.74, 6) is 1.67. The average molecular weight is 429 g/mol. The minimum Gasteiger partial charge on any atom is -0.497 e. The summed E-state index contributed by atoms with van der Waals surface area (Å²) in [6.45, 7) is 3.17. The van der Waals surface area contributed by atoms with Gasteiger partial charge in [-0.15, -0.1) is 0 Å². The van der Waals surface area contributed by atoms with Crippen LogP contribution >= 0.6 is 0 Å². The van der Waals surface area contributed by atoms with Crippen LogP contribution in [0, 0.1) is 0 Å². The highest BCUT2D eigenvalue weighted by molar-refractivity contribution is 5.68. The van der Waals surface area contributed by atoms with Gasteiger partial charge in [0.25, 0.3) is 0 Å². The number of esters is 1. The summed E-state index contributed by atoms with van der Waals surface area (Å²) in [5, 5.41) is 0. The molecule has 0 saturated carbocycles. The molecule has 0 amide bonds. The van der Waals surface area contributed by atoms with Gasteiger partial charge in [0.15, 0.2) is 0 Å². The second-order valence-electron chi connectivity index (χ2n) is 8.37. The maximum atomic E-state index is 11.6. The molecular weight excluding hydrogens is 390 g/mol. The molecule has 0 spiro atoms. The molecule has 2 aromatic rings. The number of hydrogen-bond acceptors (Lipinski definition) is 4. The van der Waals surface area contributed by atoms with Crippen LogP contribution in [0.3, 0.4) is 0 Å². The monoisotopic (exact) mass is 428 g/mol. The molecule has 2 aromatic carbocycles. The van der Waals surface area contributed by atoms with E-state index in [1.807, 2.05) is 24.3 Å². The van der Waals surface area contributed by atoms with Gasteiger partial charge in [-0.3, -0.25) is 4.79 Å². The third-order valence-corrected chi connectivity index (χ3v) is 5.95. The molecule has 0 N–H and O–H groups in total. The molecule has 0 atom stereocenters. The smallest absolute Gasteiger partial charge is 0.305 e. The molecule has 0 radical (unpaired) electrons. The Bertz CT molecular complexity index is 717. The molecule has 0 aliphatic heterocycles. The lowest BCUT2D eigenvalue weighted by molar-refractivity contribution is -0.910. The van der Waals surface area contributed by atoms with Crippen LogP contribution in [0.25, 0.3) is 0 Å². The summed E-state index contributed by atoms with van der Waals surface area (Å²) in [4.78, 5) is 11.6. The summed E-state index contributed by atoms with van der Waals surface area (Å²) >= 11 is 0.